The minimum atomic E-state index is -0.118. The Morgan fingerprint density at radius 2 is 2.21 bits per heavy atom. The number of aryl methyl sites for hydroxylation is 1. The zero-order valence-electron chi connectivity index (χ0n) is 11.9. The Labute approximate surface area is 114 Å². The van der Waals surface area contributed by atoms with Crippen molar-refractivity contribution in [3.8, 4) is 5.75 Å². The lowest BCUT2D eigenvalue weighted by Crippen LogP contribution is -2.31. The van der Waals surface area contributed by atoms with Gasteiger partial charge in [0.1, 0.15) is 5.75 Å². The number of pyridine rings is 1. The van der Waals surface area contributed by atoms with Gasteiger partial charge in [-0.2, -0.15) is 0 Å². The number of aromatic nitrogens is 1. The van der Waals surface area contributed by atoms with Gasteiger partial charge in [-0.15, -0.1) is 0 Å². The molecule has 0 radical (unpaired) electrons. The van der Waals surface area contributed by atoms with Crippen molar-refractivity contribution in [2.45, 2.75) is 27.2 Å². The van der Waals surface area contributed by atoms with E-state index in [4.69, 9.17) is 10.5 Å². The standard InChI is InChI=1S/C14H23N3O2/c1-10(2)8-16-14(18)9-19-13-5-4-11(3)17-12(13)6-7-15/h4-5,10H,6-9,15H2,1-3H3,(H,16,18). The van der Waals surface area contributed by atoms with Crippen LogP contribution in [-0.2, 0) is 11.2 Å². The fourth-order valence-corrected chi connectivity index (χ4v) is 1.56. The lowest BCUT2D eigenvalue weighted by Gasteiger charge is -2.12. The number of carbonyl (C=O) groups is 1. The molecule has 1 aromatic heterocycles. The van der Waals surface area contributed by atoms with E-state index in [1.807, 2.05) is 32.9 Å². The summed E-state index contributed by atoms with van der Waals surface area (Å²) in [6.07, 6.45) is 0.643. The Morgan fingerprint density at radius 1 is 1.47 bits per heavy atom. The molecule has 19 heavy (non-hydrogen) atoms. The van der Waals surface area contributed by atoms with Crippen molar-refractivity contribution in [3.05, 3.63) is 23.5 Å². The molecule has 1 rings (SSSR count). The molecule has 3 N–H and O–H groups in total. The van der Waals surface area contributed by atoms with Crippen LogP contribution in [0.4, 0.5) is 0 Å². The Bertz CT molecular complexity index is 419. The Morgan fingerprint density at radius 3 is 2.84 bits per heavy atom. The summed E-state index contributed by atoms with van der Waals surface area (Å²) in [6, 6.07) is 3.70. The zero-order chi connectivity index (χ0) is 14.3. The van der Waals surface area contributed by atoms with Crippen LogP contribution in [-0.4, -0.2) is 30.6 Å². The molecule has 0 unspecified atom stereocenters. The van der Waals surface area contributed by atoms with Gasteiger partial charge in [-0.25, -0.2) is 0 Å². The van der Waals surface area contributed by atoms with E-state index in [1.54, 1.807) is 0 Å². The van der Waals surface area contributed by atoms with Gasteiger partial charge in [0.05, 0.1) is 5.69 Å². The summed E-state index contributed by atoms with van der Waals surface area (Å²) in [4.78, 5) is 16.0. The summed E-state index contributed by atoms with van der Waals surface area (Å²) in [5.41, 5.74) is 7.26. The summed E-state index contributed by atoms with van der Waals surface area (Å²) in [6.45, 7) is 7.18. The fraction of sp³-hybridized carbons (Fsp3) is 0.571. The lowest BCUT2D eigenvalue weighted by molar-refractivity contribution is -0.123. The highest BCUT2D eigenvalue weighted by Gasteiger charge is 2.08. The number of nitrogens with zero attached hydrogens (tertiary/aromatic N) is 1. The van der Waals surface area contributed by atoms with Gasteiger partial charge in [-0.05, 0) is 31.5 Å². The second kappa shape index (κ2) is 7.74. The summed E-state index contributed by atoms with van der Waals surface area (Å²) in [5.74, 6) is 0.946. The first-order valence-electron chi connectivity index (χ1n) is 6.59. The number of amides is 1. The normalized spacial score (nSPS) is 10.6. The molecule has 5 heteroatoms. The molecule has 106 valence electrons. The number of hydrogen-bond acceptors (Lipinski definition) is 4. The topological polar surface area (TPSA) is 77.2 Å². The zero-order valence-corrected chi connectivity index (χ0v) is 11.9. The summed E-state index contributed by atoms with van der Waals surface area (Å²) < 4.78 is 5.51. The molecule has 0 aliphatic carbocycles. The lowest BCUT2D eigenvalue weighted by atomic mass is 10.2. The van der Waals surface area contributed by atoms with Crippen molar-refractivity contribution < 1.29 is 9.53 Å². The van der Waals surface area contributed by atoms with Crippen LogP contribution in [0.15, 0.2) is 12.1 Å². The van der Waals surface area contributed by atoms with Crippen molar-refractivity contribution in [2.24, 2.45) is 11.7 Å². The number of nitrogens with two attached hydrogens (primary N) is 1. The van der Waals surface area contributed by atoms with Gasteiger partial charge in [0.2, 0.25) is 0 Å². The minimum absolute atomic E-state index is 0.00896. The monoisotopic (exact) mass is 265 g/mol. The van der Waals surface area contributed by atoms with Crippen LogP contribution in [0, 0.1) is 12.8 Å². The van der Waals surface area contributed by atoms with Gasteiger partial charge < -0.3 is 15.8 Å². The second-order valence-corrected chi connectivity index (χ2v) is 4.92. The summed E-state index contributed by atoms with van der Waals surface area (Å²) in [5, 5.41) is 2.81. The third-order valence-electron chi connectivity index (χ3n) is 2.52. The maximum absolute atomic E-state index is 11.6. The molecule has 1 heterocycles. The van der Waals surface area contributed by atoms with Gasteiger partial charge in [0.25, 0.3) is 5.91 Å². The van der Waals surface area contributed by atoms with Gasteiger partial charge in [-0.3, -0.25) is 9.78 Å². The van der Waals surface area contributed by atoms with E-state index >= 15 is 0 Å². The van der Waals surface area contributed by atoms with Crippen LogP contribution in [0.2, 0.25) is 0 Å². The number of hydrogen-bond donors (Lipinski definition) is 2. The molecule has 0 fully saturated rings. The smallest absolute Gasteiger partial charge is 0.257 e. The highest BCUT2D eigenvalue weighted by molar-refractivity contribution is 5.77. The Balaban J connectivity index is 2.54. The second-order valence-electron chi connectivity index (χ2n) is 4.92. The van der Waals surface area contributed by atoms with Crippen LogP contribution in [0.3, 0.4) is 0 Å². The molecule has 0 saturated heterocycles. The van der Waals surface area contributed by atoms with Gasteiger partial charge >= 0.3 is 0 Å². The molecular weight excluding hydrogens is 242 g/mol. The Kier molecular flexibility index (Phi) is 6.29. The number of rotatable bonds is 7. The van der Waals surface area contributed by atoms with E-state index in [9.17, 15) is 4.79 Å². The van der Waals surface area contributed by atoms with Crippen molar-refractivity contribution in [1.82, 2.24) is 10.3 Å². The first-order chi connectivity index (χ1) is 9.02. The van der Waals surface area contributed by atoms with Crippen molar-refractivity contribution in [3.63, 3.8) is 0 Å². The van der Waals surface area contributed by atoms with Crippen LogP contribution in [0.5, 0.6) is 5.75 Å². The van der Waals surface area contributed by atoms with E-state index in [0.717, 1.165) is 11.4 Å². The highest BCUT2D eigenvalue weighted by atomic mass is 16.5. The predicted octanol–water partition coefficient (Wildman–Crippen LogP) is 1.04. The molecule has 0 atom stereocenters. The quantitative estimate of drug-likeness (QED) is 0.772. The van der Waals surface area contributed by atoms with E-state index in [-0.39, 0.29) is 12.5 Å². The first kappa shape index (κ1) is 15.4. The predicted molar refractivity (Wildman–Crippen MR) is 75.1 cm³/mol. The number of carbonyl (C=O) groups excluding carboxylic acids is 1. The highest BCUT2D eigenvalue weighted by Crippen LogP contribution is 2.17. The molecule has 0 aromatic carbocycles. The number of ether oxygens (including phenoxy) is 1. The fourth-order valence-electron chi connectivity index (χ4n) is 1.56. The minimum Gasteiger partial charge on any atom is -0.482 e. The number of nitrogens with one attached hydrogen (secondary N) is 1. The molecule has 0 aliphatic heterocycles. The van der Waals surface area contributed by atoms with Gasteiger partial charge in [-0.1, -0.05) is 13.8 Å². The van der Waals surface area contributed by atoms with Crippen molar-refractivity contribution in [2.75, 3.05) is 19.7 Å². The van der Waals surface area contributed by atoms with E-state index in [0.29, 0.717) is 31.2 Å². The molecule has 0 aliphatic rings. The maximum Gasteiger partial charge on any atom is 0.257 e. The van der Waals surface area contributed by atoms with Crippen molar-refractivity contribution >= 4 is 5.91 Å². The molecule has 0 bridgehead atoms. The molecule has 5 nitrogen and oxygen atoms in total. The molecule has 1 amide bonds. The average Bonchev–Trinajstić information content (AvgIpc) is 2.35. The first-order valence-corrected chi connectivity index (χ1v) is 6.59. The molecule has 0 saturated carbocycles. The van der Waals surface area contributed by atoms with Gasteiger partial charge in [0, 0.05) is 18.7 Å². The SMILES string of the molecule is Cc1ccc(OCC(=O)NCC(C)C)c(CCN)n1. The van der Waals surface area contributed by atoms with Crippen LogP contribution >= 0.6 is 0 Å². The van der Waals surface area contributed by atoms with Gasteiger partial charge in [0.15, 0.2) is 6.61 Å². The van der Waals surface area contributed by atoms with E-state index in [1.165, 1.54) is 0 Å². The third kappa shape index (κ3) is 5.70. The molecule has 1 aromatic rings. The average molecular weight is 265 g/mol. The van der Waals surface area contributed by atoms with E-state index < -0.39 is 0 Å². The summed E-state index contributed by atoms with van der Waals surface area (Å²) >= 11 is 0. The Hall–Kier alpha value is -1.62. The maximum atomic E-state index is 11.6. The van der Waals surface area contributed by atoms with E-state index in [2.05, 4.69) is 10.3 Å². The molecule has 0 spiro atoms. The van der Waals surface area contributed by atoms with Crippen LogP contribution in [0.25, 0.3) is 0 Å². The third-order valence-corrected chi connectivity index (χ3v) is 2.52. The largest absolute Gasteiger partial charge is 0.482 e. The van der Waals surface area contributed by atoms with Crippen LogP contribution < -0.4 is 15.8 Å². The summed E-state index contributed by atoms with van der Waals surface area (Å²) in [7, 11) is 0. The van der Waals surface area contributed by atoms with Crippen LogP contribution in [0.1, 0.15) is 25.2 Å². The van der Waals surface area contributed by atoms with Crippen molar-refractivity contribution in [1.29, 1.82) is 0 Å². The molecular formula is C14H23N3O2.